The zero-order valence-corrected chi connectivity index (χ0v) is 11.5. The summed E-state index contributed by atoms with van der Waals surface area (Å²) < 4.78 is 0. The minimum Gasteiger partial charge on any atom is -0.390 e. The number of piperidine rings is 1. The molecule has 3 nitrogen and oxygen atoms in total. The lowest BCUT2D eigenvalue weighted by atomic mass is 9.92. The van der Waals surface area contributed by atoms with Crippen LogP contribution in [0.5, 0.6) is 0 Å². The van der Waals surface area contributed by atoms with Gasteiger partial charge in [-0.05, 0) is 26.2 Å². The highest BCUT2D eigenvalue weighted by atomic mass is 16.3. The van der Waals surface area contributed by atoms with E-state index in [0.29, 0.717) is 25.9 Å². The number of likely N-dealkylation sites (tertiary alicyclic amines) is 1. The SMILES string of the molecule is CCCCCC(C)C(=O)N1CCC(C)(O)CC1. The van der Waals surface area contributed by atoms with Crippen molar-refractivity contribution in [2.45, 2.75) is 64.9 Å². The average Bonchev–Trinajstić information content (AvgIpc) is 2.28. The fraction of sp³-hybridized carbons (Fsp3) is 0.929. The molecule has 1 fully saturated rings. The number of aliphatic hydroxyl groups is 1. The first-order valence-electron chi connectivity index (χ1n) is 6.97. The van der Waals surface area contributed by atoms with Crippen LogP contribution in [-0.4, -0.2) is 34.6 Å². The third kappa shape index (κ3) is 4.66. The average molecular weight is 241 g/mol. The Morgan fingerprint density at radius 2 is 1.94 bits per heavy atom. The summed E-state index contributed by atoms with van der Waals surface area (Å²) >= 11 is 0. The second-order valence-electron chi connectivity index (χ2n) is 5.72. The number of carbonyl (C=O) groups is 1. The van der Waals surface area contributed by atoms with Crippen LogP contribution in [0.15, 0.2) is 0 Å². The Morgan fingerprint density at radius 1 is 1.35 bits per heavy atom. The predicted molar refractivity (Wildman–Crippen MR) is 69.7 cm³/mol. The molecule has 100 valence electrons. The van der Waals surface area contributed by atoms with Crippen molar-refractivity contribution in [3.05, 3.63) is 0 Å². The summed E-state index contributed by atoms with van der Waals surface area (Å²) in [5, 5.41) is 9.85. The molecule has 1 amide bonds. The van der Waals surface area contributed by atoms with Gasteiger partial charge in [-0.2, -0.15) is 0 Å². The van der Waals surface area contributed by atoms with Crippen LogP contribution in [0, 0.1) is 5.92 Å². The standard InChI is InChI=1S/C14H27NO2/c1-4-5-6-7-12(2)13(16)15-10-8-14(3,17)9-11-15/h12,17H,4-11H2,1-3H3. The molecule has 1 aliphatic rings. The van der Waals surface area contributed by atoms with Crippen LogP contribution in [0.4, 0.5) is 0 Å². The first-order valence-corrected chi connectivity index (χ1v) is 6.97. The third-order valence-corrected chi connectivity index (χ3v) is 3.81. The van der Waals surface area contributed by atoms with Gasteiger partial charge in [0.25, 0.3) is 0 Å². The lowest BCUT2D eigenvalue weighted by Crippen LogP contribution is -2.46. The molecular weight excluding hydrogens is 214 g/mol. The van der Waals surface area contributed by atoms with Crippen molar-refractivity contribution in [3.63, 3.8) is 0 Å². The summed E-state index contributed by atoms with van der Waals surface area (Å²) in [5.74, 6) is 0.418. The molecule has 1 heterocycles. The van der Waals surface area contributed by atoms with Crippen LogP contribution in [-0.2, 0) is 4.79 Å². The predicted octanol–water partition coefficient (Wildman–Crippen LogP) is 2.58. The molecule has 0 aromatic heterocycles. The monoisotopic (exact) mass is 241 g/mol. The second-order valence-corrected chi connectivity index (χ2v) is 5.72. The number of rotatable bonds is 5. The Balaban J connectivity index is 2.32. The normalized spacial score (nSPS) is 21.3. The quantitative estimate of drug-likeness (QED) is 0.752. The van der Waals surface area contributed by atoms with E-state index >= 15 is 0 Å². The molecule has 1 unspecified atom stereocenters. The topological polar surface area (TPSA) is 40.5 Å². The maximum Gasteiger partial charge on any atom is 0.225 e. The zero-order valence-electron chi connectivity index (χ0n) is 11.5. The lowest BCUT2D eigenvalue weighted by Gasteiger charge is -2.37. The third-order valence-electron chi connectivity index (χ3n) is 3.81. The molecular formula is C14H27NO2. The van der Waals surface area contributed by atoms with Crippen molar-refractivity contribution in [1.29, 1.82) is 0 Å². The van der Waals surface area contributed by atoms with Crippen molar-refractivity contribution in [3.8, 4) is 0 Å². The van der Waals surface area contributed by atoms with Gasteiger partial charge in [-0.25, -0.2) is 0 Å². The lowest BCUT2D eigenvalue weighted by molar-refractivity contribution is -0.139. The van der Waals surface area contributed by atoms with Gasteiger partial charge in [-0.3, -0.25) is 4.79 Å². The summed E-state index contributed by atoms with van der Waals surface area (Å²) in [5.41, 5.74) is -0.567. The van der Waals surface area contributed by atoms with Gasteiger partial charge < -0.3 is 10.0 Å². The van der Waals surface area contributed by atoms with Gasteiger partial charge in [-0.1, -0.05) is 33.1 Å². The smallest absolute Gasteiger partial charge is 0.225 e. The van der Waals surface area contributed by atoms with Gasteiger partial charge in [0, 0.05) is 19.0 Å². The molecule has 0 aliphatic carbocycles. The number of hydrogen-bond acceptors (Lipinski definition) is 2. The Morgan fingerprint density at radius 3 is 2.47 bits per heavy atom. The van der Waals surface area contributed by atoms with Gasteiger partial charge in [0.1, 0.15) is 0 Å². The van der Waals surface area contributed by atoms with E-state index in [0.717, 1.165) is 12.8 Å². The first-order chi connectivity index (χ1) is 7.96. The molecule has 1 N–H and O–H groups in total. The zero-order chi connectivity index (χ0) is 12.9. The minimum atomic E-state index is -0.567. The maximum absolute atomic E-state index is 12.1. The number of unbranched alkanes of at least 4 members (excludes halogenated alkanes) is 2. The highest BCUT2D eigenvalue weighted by Crippen LogP contribution is 2.23. The second kappa shape index (κ2) is 6.39. The largest absolute Gasteiger partial charge is 0.390 e. The summed E-state index contributed by atoms with van der Waals surface area (Å²) in [6.45, 7) is 7.50. The molecule has 0 aromatic carbocycles. The molecule has 1 aliphatic heterocycles. The number of nitrogens with zero attached hydrogens (tertiary/aromatic N) is 1. The molecule has 0 aromatic rings. The van der Waals surface area contributed by atoms with Crippen LogP contribution >= 0.6 is 0 Å². The minimum absolute atomic E-state index is 0.143. The summed E-state index contributed by atoms with van der Waals surface area (Å²) in [7, 11) is 0. The molecule has 1 atom stereocenters. The van der Waals surface area contributed by atoms with E-state index in [2.05, 4.69) is 6.92 Å². The molecule has 1 saturated heterocycles. The molecule has 0 spiro atoms. The van der Waals surface area contributed by atoms with Crippen LogP contribution in [0.25, 0.3) is 0 Å². The van der Waals surface area contributed by atoms with E-state index in [1.54, 1.807) is 0 Å². The van der Waals surface area contributed by atoms with Crippen LogP contribution in [0.3, 0.4) is 0 Å². The van der Waals surface area contributed by atoms with Crippen molar-refractivity contribution in [2.24, 2.45) is 5.92 Å². The fourth-order valence-corrected chi connectivity index (χ4v) is 2.34. The highest BCUT2D eigenvalue weighted by molar-refractivity contribution is 5.78. The molecule has 0 saturated carbocycles. The Hall–Kier alpha value is -0.570. The highest BCUT2D eigenvalue weighted by Gasteiger charge is 2.30. The van der Waals surface area contributed by atoms with Crippen LogP contribution in [0.1, 0.15) is 59.3 Å². The Kier molecular flexibility index (Phi) is 5.44. The number of carbonyl (C=O) groups excluding carboxylic acids is 1. The summed E-state index contributed by atoms with van der Waals surface area (Å²) in [6, 6.07) is 0. The van der Waals surface area contributed by atoms with Crippen LogP contribution < -0.4 is 0 Å². The van der Waals surface area contributed by atoms with E-state index < -0.39 is 5.60 Å². The number of amides is 1. The Labute approximate surface area is 105 Å². The van der Waals surface area contributed by atoms with E-state index in [-0.39, 0.29) is 11.8 Å². The van der Waals surface area contributed by atoms with Crippen molar-refractivity contribution in [2.75, 3.05) is 13.1 Å². The van der Waals surface area contributed by atoms with E-state index in [1.165, 1.54) is 12.8 Å². The molecule has 0 bridgehead atoms. The van der Waals surface area contributed by atoms with Gasteiger partial charge in [-0.15, -0.1) is 0 Å². The molecule has 3 heteroatoms. The van der Waals surface area contributed by atoms with E-state index in [9.17, 15) is 9.90 Å². The van der Waals surface area contributed by atoms with Crippen molar-refractivity contribution >= 4 is 5.91 Å². The summed E-state index contributed by atoms with van der Waals surface area (Å²) in [4.78, 5) is 14.1. The fourth-order valence-electron chi connectivity index (χ4n) is 2.34. The van der Waals surface area contributed by atoms with E-state index in [1.807, 2.05) is 18.7 Å². The Bertz CT molecular complexity index is 241. The van der Waals surface area contributed by atoms with Crippen molar-refractivity contribution < 1.29 is 9.90 Å². The van der Waals surface area contributed by atoms with Gasteiger partial charge in [0.05, 0.1) is 5.60 Å². The maximum atomic E-state index is 12.1. The van der Waals surface area contributed by atoms with Gasteiger partial charge in [0.15, 0.2) is 0 Å². The van der Waals surface area contributed by atoms with Crippen LogP contribution in [0.2, 0.25) is 0 Å². The van der Waals surface area contributed by atoms with Gasteiger partial charge >= 0.3 is 0 Å². The molecule has 1 rings (SSSR count). The molecule has 17 heavy (non-hydrogen) atoms. The van der Waals surface area contributed by atoms with Crippen molar-refractivity contribution in [1.82, 2.24) is 4.90 Å². The summed E-state index contributed by atoms with van der Waals surface area (Å²) in [6.07, 6.45) is 5.98. The number of hydrogen-bond donors (Lipinski definition) is 1. The first kappa shape index (κ1) is 14.5. The van der Waals surface area contributed by atoms with Gasteiger partial charge in [0.2, 0.25) is 5.91 Å². The molecule has 0 radical (unpaired) electrons. The van der Waals surface area contributed by atoms with E-state index in [4.69, 9.17) is 0 Å².